The van der Waals surface area contributed by atoms with Gasteiger partial charge < -0.3 is 19.2 Å². The molecule has 0 aliphatic carbocycles. The van der Waals surface area contributed by atoms with Gasteiger partial charge in [0.15, 0.2) is 0 Å². The fourth-order valence-corrected chi connectivity index (χ4v) is 2.91. The number of carbonyl (C=O) groups is 1. The second-order valence-corrected chi connectivity index (χ2v) is 4.71. The van der Waals surface area contributed by atoms with E-state index >= 15 is 0 Å². The van der Waals surface area contributed by atoms with Crippen LogP contribution in [0.3, 0.4) is 0 Å². The van der Waals surface area contributed by atoms with Crippen molar-refractivity contribution in [3.8, 4) is 0 Å². The Kier molecular flexibility index (Phi) is 4.47. The summed E-state index contributed by atoms with van der Waals surface area (Å²) < 4.78 is 10.2. The summed E-state index contributed by atoms with van der Waals surface area (Å²) in [5.74, 6) is 0.615. The lowest BCUT2D eigenvalue weighted by molar-refractivity contribution is -0.128. The van der Waals surface area contributed by atoms with Crippen molar-refractivity contribution in [2.75, 3.05) is 32.1 Å². The zero-order chi connectivity index (χ0) is 12.1. The molecule has 1 N–H and O–H groups in total. The smallest absolute Gasteiger partial charge is 0.233 e. The fourth-order valence-electron chi connectivity index (χ4n) is 1.72. The molecule has 6 heteroatoms. The van der Waals surface area contributed by atoms with Gasteiger partial charge in [-0.15, -0.1) is 11.8 Å². The summed E-state index contributed by atoms with van der Waals surface area (Å²) in [4.78, 5) is 13.5. The molecule has 94 valence electrons. The van der Waals surface area contributed by atoms with Crippen LogP contribution in [-0.2, 0) is 9.53 Å². The molecule has 1 aromatic heterocycles. The molecule has 0 radical (unpaired) electrons. The first-order valence-electron chi connectivity index (χ1n) is 5.44. The number of ether oxygens (including phenoxy) is 1. The second kappa shape index (κ2) is 6.09. The van der Waals surface area contributed by atoms with E-state index in [4.69, 9.17) is 14.3 Å². The number of amides is 1. The largest absolute Gasteiger partial charge is 0.472 e. The lowest BCUT2D eigenvalue weighted by atomic mass is 10.3. The molecule has 0 bridgehead atoms. The number of carbonyl (C=O) groups excluding carboxylic acids is 1. The minimum absolute atomic E-state index is 0.00779. The topological polar surface area (TPSA) is 62.9 Å². The normalized spacial score (nSPS) is 20.2. The summed E-state index contributed by atoms with van der Waals surface area (Å²) >= 11 is 1.59. The molecule has 1 atom stereocenters. The summed E-state index contributed by atoms with van der Waals surface area (Å²) in [7, 11) is 0. The van der Waals surface area contributed by atoms with Gasteiger partial charge in [-0.05, 0) is 6.07 Å². The van der Waals surface area contributed by atoms with E-state index in [0.717, 1.165) is 5.56 Å². The maximum absolute atomic E-state index is 11.7. The summed E-state index contributed by atoms with van der Waals surface area (Å²) in [5.41, 5.74) is 1.00. The molecule has 1 aliphatic heterocycles. The van der Waals surface area contributed by atoms with Crippen LogP contribution in [0.4, 0.5) is 0 Å². The summed E-state index contributed by atoms with van der Waals surface area (Å²) in [6, 6.07) is 1.87. The Labute approximate surface area is 104 Å². The van der Waals surface area contributed by atoms with E-state index in [0.29, 0.717) is 25.5 Å². The van der Waals surface area contributed by atoms with Gasteiger partial charge in [0.1, 0.15) is 5.37 Å². The van der Waals surface area contributed by atoms with Gasteiger partial charge in [-0.25, -0.2) is 0 Å². The van der Waals surface area contributed by atoms with Crippen molar-refractivity contribution in [3.63, 3.8) is 0 Å². The van der Waals surface area contributed by atoms with Crippen LogP contribution in [0.25, 0.3) is 0 Å². The molecule has 1 unspecified atom stereocenters. The van der Waals surface area contributed by atoms with Gasteiger partial charge in [0.25, 0.3) is 0 Å². The van der Waals surface area contributed by atoms with Gasteiger partial charge in [0, 0.05) is 12.1 Å². The van der Waals surface area contributed by atoms with Crippen LogP contribution in [0.2, 0.25) is 0 Å². The van der Waals surface area contributed by atoms with Crippen molar-refractivity contribution in [3.05, 3.63) is 24.2 Å². The number of thioether (sulfide) groups is 1. The lowest BCUT2D eigenvalue weighted by Gasteiger charge is -2.22. The molecule has 1 fully saturated rings. The van der Waals surface area contributed by atoms with Crippen LogP contribution in [0.1, 0.15) is 10.9 Å². The van der Waals surface area contributed by atoms with Crippen molar-refractivity contribution in [2.24, 2.45) is 0 Å². The Bertz CT molecular complexity index is 354. The molecule has 1 aliphatic rings. The SMILES string of the molecule is O=C1CSC(c2ccoc2)N1CCOCCO. The monoisotopic (exact) mass is 257 g/mol. The van der Waals surface area contributed by atoms with Gasteiger partial charge in [0.05, 0.1) is 38.1 Å². The predicted octanol–water partition coefficient (Wildman–Crippen LogP) is 0.863. The van der Waals surface area contributed by atoms with Gasteiger partial charge in [0.2, 0.25) is 5.91 Å². The van der Waals surface area contributed by atoms with Gasteiger partial charge >= 0.3 is 0 Å². The molecular formula is C11H15NO4S. The molecule has 17 heavy (non-hydrogen) atoms. The van der Waals surface area contributed by atoms with Gasteiger partial charge in [-0.1, -0.05) is 0 Å². The number of furan rings is 1. The first kappa shape index (κ1) is 12.5. The minimum Gasteiger partial charge on any atom is -0.472 e. The van der Waals surface area contributed by atoms with Crippen molar-refractivity contribution in [1.29, 1.82) is 0 Å². The Morgan fingerprint density at radius 2 is 2.47 bits per heavy atom. The standard InChI is InChI=1S/C11H15NO4S/c13-3-6-15-5-2-12-10(14)8-17-11(12)9-1-4-16-7-9/h1,4,7,11,13H,2-3,5-6,8H2. The zero-order valence-electron chi connectivity index (χ0n) is 9.37. The highest BCUT2D eigenvalue weighted by Crippen LogP contribution is 2.38. The van der Waals surface area contributed by atoms with Crippen molar-refractivity contribution in [2.45, 2.75) is 5.37 Å². The van der Waals surface area contributed by atoms with Crippen LogP contribution in [0.5, 0.6) is 0 Å². The number of aliphatic hydroxyl groups is 1. The van der Waals surface area contributed by atoms with Crippen LogP contribution in [0, 0.1) is 0 Å². The van der Waals surface area contributed by atoms with Crippen molar-refractivity contribution < 1.29 is 19.1 Å². The van der Waals surface area contributed by atoms with Crippen LogP contribution < -0.4 is 0 Å². The van der Waals surface area contributed by atoms with Crippen molar-refractivity contribution in [1.82, 2.24) is 4.90 Å². The average Bonchev–Trinajstić information content (AvgIpc) is 2.94. The highest BCUT2D eigenvalue weighted by atomic mass is 32.2. The van der Waals surface area contributed by atoms with E-state index in [2.05, 4.69) is 0 Å². The van der Waals surface area contributed by atoms with E-state index in [1.807, 2.05) is 6.07 Å². The first-order valence-corrected chi connectivity index (χ1v) is 6.49. The molecule has 1 amide bonds. The molecule has 2 rings (SSSR count). The maximum Gasteiger partial charge on any atom is 0.233 e. The third-order valence-corrected chi connectivity index (χ3v) is 3.76. The summed E-state index contributed by atoms with van der Waals surface area (Å²) in [5, 5.41) is 8.62. The average molecular weight is 257 g/mol. The van der Waals surface area contributed by atoms with Crippen LogP contribution in [0.15, 0.2) is 23.0 Å². The third-order valence-electron chi connectivity index (χ3n) is 2.51. The number of nitrogens with zero attached hydrogens (tertiary/aromatic N) is 1. The molecule has 1 aromatic rings. The summed E-state index contributed by atoms with van der Waals surface area (Å²) in [6.07, 6.45) is 3.27. The molecular weight excluding hydrogens is 242 g/mol. The number of rotatable bonds is 6. The predicted molar refractivity (Wildman–Crippen MR) is 63.5 cm³/mol. The third kappa shape index (κ3) is 3.02. The van der Waals surface area contributed by atoms with Crippen molar-refractivity contribution >= 4 is 17.7 Å². The van der Waals surface area contributed by atoms with E-state index in [1.165, 1.54) is 0 Å². The van der Waals surface area contributed by atoms with Crippen LogP contribution >= 0.6 is 11.8 Å². The van der Waals surface area contributed by atoms with E-state index < -0.39 is 0 Å². The first-order chi connectivity index (χ1) is 8.33. The van der Waals surface area contributed by atoms with Gasteiger partial charge in [-0.3, -0.25) is 4.79 Å². The Morgan fingerprint density at radius 3 is 3.18 bits per heavy atom. The number of hydrogen-bond donors (Lipinski definition) is 1. The Morgan fingerprint density at radius 1 is 1.59 bits per heavy atom. The quantitative estimate of drug-likeness (QED) is 0.766. The minimum atomic E-state index is 0.00779. The maximum atomic E-state index is 11.7. The fraction of sp³-hybridized carbons (Fsp3) is 0.545. The Hall–Kier alpha value is -0.980. The molecule has 0 saturated carbocycles. The van der Waals surface area contributed by atoms with E-state index in [1.54, 1.807) is 29.2 Å². The van der Waals surface area contributed by atoms with Gasteiger partial charge in [-0.2, -0.15) is 0 Å². The molecule has 1 saturated heterocycles. The Balaban J connectivity index is 1.90. The number of aliphatic hydroxyl groups excluding tert-OH is 1. The van der Waals surface area contributed by atoms with Crippen LogP contribution in [-0.4, -0.2) is 48.0 Å². The zero-order valence-corrected chi connectivity index (χ0v) is 10.2. The molecule has 0 spiro atoms. The summed E-state index contributed by atoms with van der Waals surface area (Å²) in [6.45, 7) is 1.31. The highest BCUT2D eigenvalue weighted by Gasteiger charge is 2.32. The second-order valence-electron chi connectivity index (χ2n) is 3.64. The molecule has 2 heterocycles. The number of hydrogen-bond acceptors (Lipinski definition) is 5. The van der Waals surface area contributed by atoms with E-state index in [-0.39, 0.29) is 17.9 Å². The lowest BCUT2D eigenvalue weighted by Crippen LogP contribution is -2.31. The molecule has 0 aromatic carbocycles. The van der Waals surface area contributed by atoms with E-state index in [9.17, 15) is 4.79 Å². The molecule has 5 nitrogen and oxygen atoms in total. The highest BCUT2D eigenvalue weighted by molar-refractivity contribution is 8.00.